The molecule has 20 heavy (non-hydrogen) atoms. The summed E-state index contributed by atoms with van der Waals surface area (Å²) in [4.78, 5) is 0. The Morgan fingerprint density at radius 2 is 1.65 bits per heavy atom. The Morgan fingerprint density at radius 3 is 2.25 bits per heavy atom. The van der Waals surface area contributed by atoms with E-state index in [1.54, 1.807) is 11.1 Å². The highest BCUT2D eigenvalue weighted by Gasteiger charge is 2.55. The van der Waals surface area contributed by atoms with Crippen LogP contribution in [0.3, 0.4) is 0 Å². The van der Waals surface area contributed by atoms with Gasteiger partial charge in [0.25, 0.3) is 0 Å². The van der Waals surface area contributed by atoms with Crippen LogP contribution in [0.25, 0.3) is 6.08 Å². The van der Waals surface area contributed by atoms with E-state index in [-0.39, 0.29) is 0 Å². The van der Waals surface area contributed by atoms with Crippen LogP contribution in [0.4, 0.5) is 0 Å². The van der Waals surface area contributed by atoms with Gasteiger partial charge in [-0.05, 0) is 34.9 Å². The number of hydrogen-bond donors (Lipinski definition) is 0. The first-order valence-corrected chi connectivity index (χ1v) is 11.1. The van der Waals surface area contributed by atoms with Crippen LogP contribution in [-0.4, -0.2) is 8.80 Å². The Balaban J connectivity index is 2.17. The first-order chi connectivity index (χ1) is 9.49. The van der Waals surface area contributed by atoms with Crippen molar-refractivity contribution in [2.75, 3.05) is 0 Å². The van der Waals surface area contributed by atoms with Crippen molar-refractivity contribution < 1.29 is 0 Å². The van der Waals surface area contributed by atoms with E-state index in [9.17, 15) is 0 Å². The van der Waals surface area contributed by atoms with Crippen LogP contribution >= 0.6 is 0 Å². The molecule has 1 saturated carbocycles. The summed E-state index contributed by atoms with van der Waals surface area (Å²) < 4.78 is 0. The first kappa shape index (κ1) is 14.1. The summed E-state index contributed by atoms with van der Waals surface area (Å²) in [7, 11) is -0.766. The molecule has 1 aromatic rings. The highest BCUT2D eigenvalue weighted by Crippen LogP contribution is 2.67. The molecule has 0 bridgehead atoms. The van der Waals surface area contributed by atoms with Gasteiger partial charge in [0.05, 0.1) is 0 Å². The molecule has 3 unspecified atom stereocenters. The zero-order valence-electron chi connectivity index (χ0n) is 13.6. The highest BCUT2D eigenvalue weighted by molar-refractivity contribution is 6.60. The van der Waals surface area contributed by atoms with Crippen LogP contribution in [-0.2, 0) is 0 Å². The van der Waals surface area contributed by atoms with Gasteiger partial charge in [-0.3, -0.25) is 0 Å². The molecular weight excluding hydrogens is 256 g/mol. The largest absolute Gasteiger partial charge is 0.0717 e. The number of benzene rings is 1. The summed E-state index contributed by atoms with van der Waals surface area (Å²) in [5, 5.41) is 0.577. The maximum absolute atomic E-state index is 2.59. The summed E-state index contributed by atoms with van der Waals surface area (Å²) in [6.45, 7) is 12.6. The van der Waals surface area contributed by atoms with Gasteiger partial charge in [0.2, 0.25) is 0 Å². The average molecular weight is 285 g/mol. The molecule has 0 radical (unpaired) electrons. The van der Waals surface area contributed by atoms with Gasteiger partial charge in [-0.25, -0.2) is 0 Å². The van der Waals surface area contributed by atoms with Crippen LogP contribution in [0, 0.1) is 11.8 Å². The molecule has 3 rings (SSSR count). The zero-order chi connectivity index (χ0) is 14.5. The molecule has 1 fully saturated rings. The molecule has 0 aromatic heterocycles. The molecule has 2 aliphatic carbocycles. The molecule has 0 heterocycles. The molecule has 2 aliphatic rings. The molecule has 1 heteroatoms. The molecule has 0 N–H and O–H groups in total. The van der Waals surface area contributed by atoms with Gasteiger partial charge in [0.15, 0.2) is 0 Å². The van der Waals surface area contributed by atoms with Crippen molar-refractivity contribution in [2.24, 2.45) is 11.8 Å². The van der Waals surface area contributed by atoms with Crippen LogP contribution in [0.2, 0.25) is 18.1 Å². The Morgan fingerprint density at radius 1 is 1.05 bits per heavy atom. The van der Waals surface area contributed by atoms with Gasteiger partial charge in [0, 0.05) is 14.7 Å². The van der Waals surface area contributed by atoms with Gasteiger partial charge in [-0.2, -0.15) is 0 Å². The Labute approximate surface area is 125 Å². The van der Waals surface area contributed by atoms with Crippen LogP contribution in [0.5, 0.6) is 0 Å². The Hall–Kier alpha value is -0.823. The Bertz CT molecular complexity index is 530. The SMILES string of the molecule is CC1=Cc2ccccc2C1C1([SiH](C)C)C(C)CCC1C. The number of rotatable bonds is 2. The lowest BCUT2D eigenvalue weighted by Crippen LogP contribution is -2.40. The molecule has 0 spiro atoms. The van der Waals surface area contributed by atoms with Crippen molar-refractivity contribution in [3.8, 4) is 0 Å². The highest BCUT2D eigenvalue weighted by atomic mass is 28.3. The average Bonchev–Trinajstić information content (AvgIpc) is 2.88. The molecule has 1 aromatic carbocycles. The predicted molar refractivity (Wildman–Crippen MR) is 92.0 cm³/mol. The molecule has 0 nitrogen and oxygen atoms in total. The minimum atomic E-state index is -0.766. The first-order valence-electron chi connectivity index (χ1n) is 8.26. The van der Waals surface area contributed by atoms with Crippen LogP contribution in [0.15, 0.2) is 29.8 Å². The van der Waals surface area contributed by atoms with Gasteiger partial charge < -0.3 is 0 Å². The minimum Gasteiger partial charge on any atom is -0.0717 e. The quantitative estimate of drug-likeness (QED) is 0.631. The molecule has 3 atom stereocenters. The third kappa shape index (κ3) is 1.72. The smallest absolute Gasteiger partial charge is 0.0390 e. The molecular formula is C19H28Si. The van der Waals surface area contributed by atoms with E-state index >= 15 is 0 Å². The maximum Gasteiger partial charge on any atom is 0.0390 e. The zero-order valence-corrected chi connectivity index (χ0v) is 14.8. The van der Waals surface area contributed by atoms with Crippen molar-refractivity contribution in [1.29, 1.82) is 0 Å². The van der Waals surface area contributed by atoms with E-state index in [4.69, 9.17) is 0 Å². The summed E-state index contributed by atoms with van der Waals surface area (Å²) in [5.74, 6) is 2.45. The minimum absolute atomic E-state index is 0.577. The van der Waals surface area contributed by atoms with Gasteiger partial charge >= 0.3 is 0 Å². The normalized spacial score (nSPS) is 36.3. The van der Waals surface area contributed by atoms with E-state index in [0.717, 1.165) is 11.8 Å². The lowest BCUT2D eigenvalue weighted by Gasteiger charge is -2.47. The van der Waals surface area contributed by atoms with Crippen molar-refractivity contribution in [3.05, 3.63) is 41.0 Å². The second-order valence-electron chi connectivity index (χ2n) is 7.48. The van der Waals surface area contributed by atoms with Crippen molar-refractivity contribution in [2.45, 2.75) is 57.7 Å². The lowest BCUT2D eigenvalue weighted by atomic mass is 9.73. The van der Waals surface area contributed by atoms with E-state index in [0.29, 0.717) is 11.0 Å². The van der Waals surface area contributed by atoms with E-state index in [1.165, 1.54) is 18.4 Å². The van der Waals surface area contributed by atoms with Crippen molar-refractivity contribution >= 4 is 14.9 Å². The third-order valence-electron chi connectivity index (χ3n) is 6.39. The number of fused-ring (bicyclic) bond motifs is 1. The van der Waals surface area contributed by atoms with E-state index < -0.39 is 8.80 Å². The molecule has 0 aliphatic heterocycles. The van der Waals surface area contributed by atoms with E-state index in [1.807, 2.05) is 0 Å². The van der Waals surface area contributed by atoms with Crippen LogP contribution < -0.4 is 0 Å². The summed E-state index contributed by atoms with van der Waals surface area (Å²) in [6, 6.07) is 9.12. The number of allylic oxidation sites excluding steroid dienone is 1. The van der Waals surface area contributed by atoms with Gasteiger partial charge in [0.1, 0.15) is 0 Å². The second kappa shape index (κ2) is 4.87. The van der Waals surface area contributed by atoms with E-state index in [2.05, 4.69) is 64.2 Å². The van der Waals surface area contributed by atoms with Crippen molar-refractivity contribution in [1.82, 2.24) is 0 Å². The monoisotopic (exact) mass is 284 g/mol. The summed E-state index contributed by atoms with van der Waals surface area (Å²) in [6.07, 6.45) is 5.31. The Kier molecular flexibility index (Phi) is 3.44. The van der Waals surface area contributed by atoms with Crippen molar-refractivity contribution in [3.63, 3.8) is 0 Å². The van der Waals surface area contributed by atoms with Gasteiger partial charge in [-0.15, -0.1) is 0 Å². The fourth-order valence-electron chi connectivity index (χ4n) is 5.67. The predicted octanol–water partition coefficient (Wildman–Crippen LogP) is 5.48. The third-order valence-corrected chi connectivity index (χ3v) is 9.86. The lowest BCUT2D eigenvalue weighted by molar-refractivity contribution is 0.323. The summed E-state index contributed by atoms with van der Waals surface area (Å²) in [5.41, 5.74) is 4.72. The fourth-order valence-corrected chi connectivity index (χ4v) is 9.39. The topological polar surface area (TPSA) is 0 Å². The molecule has 0 saturated heterocycles. The molecule has 108 valence electrons. The molecule has 0 amide bonds. The second-order valence-corrected chi connectivity index (χ2v) is 10.8. The fraction of sp³-hybridized carbons (Fsp3) is 0.579. The summed E-state index contributed by atoms with van der Waals surface area (Å²) >= 11 is 0. The van der Waals surface area contributed by atoms with Crippen LogP contribution in [0.1, 0.15) is 50.7 Å². The standard InChI is InChI=1S/C19H28Si/c1-13-12-16-8-6-7-9-17(16)18(13)19(20(4)5)14(2)10-11-15(19)3/h6-9,12,14-15,18,20H,10-11H2,1-5H3. The maximum atomic E-state index is 2.59. The van der Waals surface area contributed by atoms with Gasteiger partial charge in [-0.1, -0.05) is 75.7 Å². The number of hydrogen-bond acceptors (Lipinski definition) is 0.